The molecule has 0 radical (unpaired) electrons. The summed E-state index contributed by atoms with van der Waals surface area (Å²) < 4.78 is 1.11. The zero-order valence-corrected chi connectivity index (χ0v) is 18.7. The molecule has 7 atom stereocenters. The van der Waals surface area contributed by atoms with Crippen LogP contribution in [0.1, 0.15) is 51.0 Å². The molecule has 156 valence electrons. The third kappa shape index (κ3) is 2.76. The molecule has 1 aromatic rings. The molecule has 5 heteroatoms. The Morgan fingerprint density at radius 3 is 2.59 bits per heavy atom. The van der Waals surface area contributed by atoms with Crippen molar-refractivity contribution < 1.29 is 9.90 Å². The second-order valence-corrected chi connectivity index (χ2v) is 11.8. The zero-order chi connectivity index (χ0) is 20.0. The van der Waals surface area contributed by atoms with Gasteiger partial charge < -0.3 is 15.3 Å². The van der Waals surface area contributed by atoms with Gasteiger partial charge in [0, 0.05) is 28.5 Å². The molecule has 7 unspecified atom stereocenters. The fraction of sp³-hybridized carbons (Fsp3) is 0.708. The van der Waals surface area contributed by atoms with Crippen LogP contribution in [0.2, 0.25) is 0 Å². The minimum Gasteiger partial charge on any atom is -0.390 e. The van der Waals surface area contributed by atoms with E-state index < -0.39 is 5.60 Å². The Hall–Kier alpha value is -1.07. The quantitative estimate of drug-likeness (QED) is 0.704. The summed E-state index contributed by atoms with van der Waals surface area (Å²) >= 11 is 3.57. The van der Waals surface area contributed by atoms with Crippen molar-refractivity contribution in [3.8, 4) is 0 Å². The number of nitrogens with zero attached hydrogens (tertiary/aromatic N) is 1. The number of halogens is 1. The topological polar surface area (TPSA) is 52.6 Å². The molecule has 5 aliphatic carbocycles. The smallest absolute Gasteiger partial charge is 0.318 e. The fourth-order valence-electron chi connectivity index (χ4n) is 8.38. The van der Waals surface area contributed by atoms with E-state index in [2.05, 4.69) is 57.3 Å². The van der Waals surface area contributed by atoms with Crippen molar-refractivity contribution in [2.75, 3.05) is 6.54 Å². The molecule has 2 N–H and O–H groups in total. The van der Waals surface area contributed by atoms with E-state index in [9.17, 15) is 9.90 Å². The number of nitrogens with one attached hydrogen (secondary N) is 1. The molecule has 0 spiro atoms. The normalized spacial score (nSPS) is 45.7. The molecule has 1 aromatic carbocycles. The van der Waals surface area contributed by atoms with Gasteiger partial charge in [0.2, 0.25) is 0 Å². The lowest BCUT2D eigenvalue weighted by atomic mass is 9.39. The molecular weight excluding hydrogens is 428 g/mol. The lowest BCUT2D eigenvalue weighted by molar-refractivity contribution is -0.246. The highest BCUT2D eigenvalue weighted by molar-refractivity contribution is 9.10. The Bertz CT molecular complexity index is 840. The summed E-state index contributed by atoms with van der Waals surface area (Å²) in [5.74, 6) is 2.03. The highest BCUT2D eigenvalue weighted by Gasteiger charge is 2.71. The minimum absolute atomic E-state index is 0.00916. The summed E-state index contributed by atoms with van der Waals surface area (Å²) in [6, 6.07) is 9.34. The number of aliphatic hydroxyl groups is 1. The molecule has 29 heavy (non-hydrogen) atoms. The molecule has 6 fully saturated rings. The first kappa shape index (κ1) is 18.7. The van der Waals surface area contributed by atoms with E-state index in [4.69, 9.17) is 0 Å². The van der Waals surface area contributed by atoms with E-state index in [1.807, 2.05) is 0 Å². The summed E-state index contributed by atoms with van der Waals surface area (Å²) in [6.07, 6.45) is 7.73. The van der Waals surface area contributed by atoms with Crippen LogP contribution in [0.25, 0.3) is 0 Å². The van der Waals surface area contributed by atoms with Gasteiger partial charge in [-0.1, -0.05) is 28.1 Å². The summed E-state index contributed by atoms with van der Waals surface area (Å²) in [6.45, 7) is 2.92. The van der Waals surface area contributed by atoms with Crippen LogP contribution >= 0.6 is 15.9 Å². The molecule has 0 aromatic heterocycles. The SMILES string of the molecule is CC1CN(C2C3CC4CC(O)(C3)C(C3CC3)C2(Cc2ccc(Br)cc2)C4)C(=O)N1. The monoisotopic (exact) mass is 458 g/mol. The lowest BCUT2D eigenvalue weighted by Crippen LogP contribution is -2.73. The van der Waals surface area contributed by atoms with E-state index in [-0.39, 0.29) is 23.5 Å². The average Bonchev–Trinajstić information content (AvgIpc) is 3.40. The molecule has 1 aliphatic heterocycles. The predicted molar refractivity (Wildman–Crippen MR) is 115 cm³/mol. The highest BCUT2D eigenvalue weighted by atomic mass is 79.9. The lowest BCUT2D eigenvalue weighted by Gasteiger charge is -2.70. The van der Waals surface area contributed by atoms with Crippen molar-refractivity contribution in [1.29, 1.82) is 0 Å². The van der Waals surface area contributed by atoms with Crippen LogP contribution in [0.4, 0.5) is 4.79 Å². The zero-order valence-electron chi connectivity index (χ0n) is 17.1. The van der Waals surface area contributed by atoms with Gasteiger partial charge in [0.05, 0.1) is 5.60 Å². The van der Waals surface area contributed by atoms with Crippen molar-refractivity contribution in [1.82, 2.24) is 10.2 Å². The van der Waals surface area contributed by atoms with Gasteiger partial charge in [-0.05, 0) is 93.2 Å². The maximum Gasteiger partial charge on any atom is 0.318 e. The first-order valence-electron chi connectivity index (χ1n) is 11.4. The van der Waals surface area contributed by atoms with Crippen molar-refractivity contribution in [3.63, 3.8) is 0 Å². The Labute approximate surface area is 181 Å². The van der Waals surface area contributed by atoms with E-state index in [1.165, 1.54) is 31.2 Å². The maximum absolute atomic E-state index is 13.0. The molecule has 6 aliphatic rings. The van der Waals surface area contributed by atoms with Gasteiger partial charge in [0.15, 0.2) is 0 Å². The van der Waals surface area contributed by atoms with Crippen molar-refractivity contribution in [2.45, 2.75) is 69.6 Å². The number of carbonyl (C=O) groups excluding carboxylic acids is 1. The van der Waals surface area contributed by atoms with Crippen LogP contribution in [0.5, 0.6) is 0 Å². The number of urea groups is 1. The molecule has 2 amide bonds. The summed E-state index contributed by atoms with van der Waals surface area (Å²) in [5.41, 5.74) is 0.845. The second-order valence-electron chi connectivity index (χ2n) is 10.9. The Balaban J connectivity index is 1.47. The largest absolute Gasteiger partial charge is 0.390 e. The van der Waals surface area contributed by atoms with Crippen LogP contribution in [0, 0.1) is 29.1 Å². The van der Waals surface area contributed by atoms with Gasteiger partial charge >= 0.3 is 6.03 Å². The number of benzene rings is 1. The maximum atomic E-state index is 13.0. The second kappa shape index (κ2) is 6.23. The molecule has 5 saturated carbocycles. The van der Waals surface area contributed by atoms with Crippen LogP contribution in [0.15, 0.2) is 28.7 Å². The summed E-state index contributed by atoms with van der Waals surface area (Å²) in [7, 11) is 0. The third-order valence-corrected chi connectivity index (χ3v) is 9.30. The van der Waals surface area contributed by atoms with Gasteiger partial charge in [-0.3, -0.25) is 0 Å². The van der Waals surface area contributed by atoms with Crippen LogP contribution in [-0.2, 0) is 6.42 Å². The standard InChI is InChI=1S/C24H31BrN2O2/c1-14-13-27(22(28)26-14)21-18-8-16-10-23(21,9-15-2-6-19(25)7-3-15)20(17-4-5-17)24(29,11-16)12-18/h2-3,6-7,14,16-18,20-21,29H,4-5,8-13H2,1H3,(H,26,28). The van der Waals surface area contributed by atoms with Crippen molar-refractivity contribution in [2.24, 2.45) is 29.1 Å². The van der Waals surface area contributed by atoms with Crippen LogP contribution in [-0.4, -0.2) is 40.3 Å². The fourth-order valence-corrected chi connectivity index (χ4v) is 8.65. The molecule has 1 saturated heterocycles. The average molecular weight is 459 g/mol. The molecule has 4 nitrogen and oxygen atoms in total. The first-order chi connectivity index (χ1) is 13.9. The first-order valence-corrected chi connectivity index (χ1v) is 12.2. The van der Waals surface area contributed by atoms with Crippen LogP contribution < -0.4 is 5.32 Å². The molecule has 1 heterocycles. The van der Waals surface area contributed by atoms with Crippen molar-refractivity contribution >= 4 is 22.0 Å². The van der Waals surface area contributed by atoms with E-state index in [0.717, 1.165) is 30.3 Å². The summed E-state index contributed by atoms with van der Waals surface area (Å²) in [5, 5.41) is 15.1. The van der Waals surface area contributed by atoms with Gasteiger partial charge in [0.1, 0.15) is 0 Å². The van der Waals surface area contributed by atoms with Gasteiger partial charge in [-0.15, -0.1) is 0 Å². The number of carbonyl (C=O) groups is 1. The van der Waals surface area contributed by atoms with Gasteiger partial charge in [0.25, 0.3) is 0 Å². The van der Waals surface area contributed by atoms with E-state index in [0.29, 0.717) is 23.7 Å². The van der Waals surface area contributed by atoms with Crippen LogP contribution in [0.3, 0.4) is 0 Å². The number of rotatable bonds is 4. The molecular formula is C24H31BrN2O2. The number of hydrogen-bond donors (Lipinski definition) is 2. The Kier molecular flexibility index (Phi) is 4.01. The number of amides is 2. The van der Waals surface area contributed by atoms with Crippen molar-refractivity contribution in [3.05, 3.63) is 34.3 Å². The van der Waals surface area contributed by atoms with E-state index in [1.54, 1.807) is 0 Å². The highest BCUT2D eigenvalue weighted by Crippen LogP contribution is 2.70. The van der Waals surface area contributed by atoms with Gasteiger partial charge in [-0.2, -0.15) is 0 Å². The Morgan fingerprint density at radius 2 is 1.93 bits per heavy atom. The molecule has 4 bridgehead atoms. The molecule has 7 rings (SSSR count). The number of hydrogen-bond acceptors (Lipinski definition) is 2. The van der Waals surface area contributed by atoms with E-state index >= 15 is 0 Å². The minimum atomic E-state index is -0.513. The predicted octanol–water partition coefficient (Wildman–Crippen LogP) is 4.35. The third-order valence-electron chi connectivity index (χ3n) is 8.77. The Morgan fingerprint density at radius 1 is 1.17 bits per heavy atom. The summed E-state index contributed by atoms with van der Waals surface area (Å²) in [4.78, 5) is 15.2. The van der Waals surface area contributed by atoms with Gasteiger partial charge in [-0.25, -0.2) is 4.79 Å².